The molecule has 0 fully saturated rings. The lowest BCUT2D eigenvalue weighted by molar-refractivity contribution is 1.01. The van der Waals surface area contributed by atoms with Crippen molar-refractivity contribution in [2.45, 2.75) is 27.7 Å². The van der Waals surface area contributed by atoms with Crippen molar-refractivity contribution in [2.24, 2.45) is 14.1 Å². The number of hydrogen-bond acceptors (Lipinski definition) is 2. The number of hydrogen-bond donors (Lipinski definition) is 0. The molecule has 2 aliphatic rings. The van der Waals surface area contributed by atoms with Gasteiger partial charge in [0.2, 0.25) is 0 Å². The standard InChI is InChI=1S/C50H42N4/c1-31-7-15-35(16-8-31)47-39-23-24-40(51-39)48(36-17-9-32(2)10-18-36)45-29-30-46(54(45)6)50(38-21-13-34(4)14-22-38)42-26-25-41(52-42)49(37-19-11-33(3)12-20-37)44-28-27-43(47)53(44)5/h7-30H,1-6H3. The largest absolute Gasteiger partial charge is 0.343 e. The Labute approximate surface area is 317 Å². The zero-order valence-corrected chi connectivity index (χ0v) is 31.6. The fraction of sp³-hybridized carbons (Fsp3) is 0.120. The predicted molar refractivity (Wildman–Crippen MR) is 229 cm³/mol. The second-order valence-electron chi connectivity index (χ2n) is 14.7. The van der Waals surface area contributed by atoms with Gasteiger partial charge in [-0.2, -0.15) is 0 Å². The molecule has 0 aliphatic carbocycles. The zero-order valence-electron chi connectivity index (χ0n) is 31.6. The van der Waals surface area contributed by atoms with Crippen LogP contribution in [0.1, 0.15) is 45.0 Å². The highest BCUT2D eigenvalue weighted by atomic mass is 15.0. The topological polar surface area (TPSA) is 35.6 Å². The molecule has 0 amide bonds. The molecule has 5 heterocycles. The van der Waals surface area contributed by atoms with Crippen molar-refractivity contribution >= 4 is 46.4 Å². The first kappa shape index (κ1) is 33.3. The maximum Gasteiger partial charge on any atom is 0.0737 e. The predicted octanol–water partition coefficient (Wildman–Crippen LogP) is 12.6. The second kappa shape index (κ2) is 13.2. The van der Waals surface area contributed by atoms with Gasteiger partial charge in [0.05, 0.1) is 44.8 Å². The molecule has 0 unspecified atom stereocenters. The minimum absolute atomic E-state index is 0.935. The van der Waals surface area contributed by atoms with E-state index in [0.717, 1.165) is 89.4 Å². The maximum atomic E-state index is 5.51. The molecule has 4 aromatic carbocycles. The minimum atomic E-state index is 0.935. The van der Waals surface area contributed by atoms with Crippen LogP contribution in [0.2, 0.25) is 0 Å². The number of benzene rings is 4. The van der Waals surface area contributed by atoms with Crippen LogP contribution in [0.4, 0.5) is 0 Å². The van der Waals surface area contributed by atoms with E-state index in [4.69, 9.17) is 9.97 Å². The normalized spacial score (nSPS) is 12.1. The SMILES string of the molecule is Cc1ccc(-c2c3nc(c(-c4ccc(C)cc4)c4ccc(c(-c5ccc(C)cc5)c5nc(c(-c6ccc(C)cc6)c6ccc2n6C)C=C5)n4C)C=C3)cc1. The Balaban J connectivity index is 1.51. The molecule has 8 bridgehead atoms. The fourth-order valence-corrected chi connectivity index (χ4v) is 7.90. The Morgan fingerprint density at radius 2 is 0.500 bits per heavy atom. The maximum absolute atomic E-state index is 5.51. The number of aromatic nitrogens is 4. The monoisotopic (exact) mass is 698 g/mol. The van der Waals surface area contributed by atoms with Gasteiger partial charge in [0.1, 0.15) is 0 Å². The molecule has 9 rings (SSSR count). The highest BCUT2D eigenvalue weighted by molar-refractivity contribution is 6.00. The van der Waals surface area contributed by atoms with Gasteiger partial charge >= 0.3 is 0 Å². The van der Waals surface area contributed by atoms with Crippen molar-refractivity contribution in [2.75, 3.05) is 0 Å². The number of fused-ring (bicyclic) bond motifs is 8. The summed E-state index contributed by atoms with van der Waals surface area (Å²) in [4.78, 5) is 11.0. The van der Waals surface area contributed by atoms with E-state index in [-0.39, 0.29) is 0 Å². The third kappa shape index (κ3) is 5.71. The van der Waals surface area contributed by atoms with Gasteiger partial charge in [0.15, 0.2) is 0 Å². The third-order valence-electron chi connectivity index (χ3n) is 10.9. The number of aryl methyl sites for hydroxylation is 6. The lowest BCUT2D eigenvalue weighted by atomic mass is 10.0. The van der Waals surface area contributed by atoms with Crippen LogP contribution in [-0.2, 0) is 14.1 Å². The van der Waals surface area contributed by atoms with Gasteiger partial charge in [-0.25, -0.2) is 9.97 Å². The van der Waals surface area contributed by atoms with Crippen LogP contribution in [-0.4, -0.2) is 19.1 Å². The van der Waals surface area contributed by atoms with Crippen LogP contribution in [0.25, 0.3) is 90.9 Å². The first-order valence-corrected chi connectivity index (χ1v) is 18.6. The fourth-order valence-electron chi connectivity index (χ4n) is 7.90. The van der Waals surface area contributed by atoms with Crippen LogP contribution in [0.3, 0.4) is 0 Å². The zero-order chi connectivity index (χ0) is 37.1. The molecule has 0 spiro atoms. The molecule has 54 heavy (non-hydrogen) atoms. The summed E-state index contributed by atoms with van der Waals surface area (Å²) in [5.41, 5.74) is 21.9. The summed E-state index contributed by atoms with van der Waals surface area (Å²) >= 11 is 0. The van der Waals surface area contributed by atoms with Crippen molar-refractivity contribution in [3.05, 3.63) is 166 Å². The van der Waals surface area contributed by atoms with Crippen LogP contribution in [0.5, 0.6) is 0 Å². The van der Waals surface area contributed by atoms with E-state index in [1.54, 1.807) is 0 Å². The summed E-state index contributed by atoms with van der Waals surface area (Å²) in [6.45, 7) is 8.54. The lowest BCUT2D eigenvalue weighted by Gasteiger charge is -2.11. The molecule has 7 aromatic rings. The van der Waals surface area contributed by atoms with Gasteiger partial charge in [0, 0.05) is 36.3 Å². The Hall–Kier alpha value is -6.52. The van der Waals surface area contributed by atoms with E-state index in [0.29, 0.717) is 0 Å². The summed E-state index contributed by atoms with van der Waals surface area (Å²) in [6.07, 6.45) is 8.75. The van der Waals surface area contributed by atoms with Crippen molar-refractivity contribution in [1.29, 1.82) is 0 Å². The molecular formula is C50H42N4. The van der Waals surface area contributed by atoms with Crippen molar-refractivity contribution in [1.82, 2.24) is 19.1 Å². The average molecular weight is 699 g/mol. The van der Waals surface area contributed by atoms with Crippen LogP contribution in [0.15, 0.2) is 121 Å². The molecule has 3 aromatic heterocycles. The van der Waals surface area contributed by atoms with E-state index in [2.05, 4.69) is 197 Å². The summed E-state index contributed by atoms with van der Waals surface area (Å²) in [5, 5.41) is 0. The van der Waals surface area contributed by atoms with E-state index < -0.39 is 0 Å². The Bertz CT molecular complexity index is 2440. The average Bonchev–Trinajstić information content (AvgIpc) is 3.99. The van der Waals surface area contributed by atoms with E-state index in [1.807, 2.05) is 0 Å². The van der Waals surface area contributed by atoms with Gasteiger partial charge < -0.3 is 9.13 Å². The molecule has 0 atom stereocenters. The van der Waals surface area contributed by atoms with Gasteiger partial charge in [-0.1, -0.05) is 119 Å². The van der Waals surface area contributed by atoms with Gasteiger partial charge in [0.25, 0.3) is 0 Å². The molecule has 262 valence electrons. The van der Waals surface area contributed by atoms with Crippen LogP contribution >= 0.6 is 0 Å². The molecule has 4 heteroatoms. The van der Waals surface area contributed by atoms with Crippen molar-refractivity contribution in [3.8, 4) is 44.5 Å². The molecule has 0 saturated heterocycles. The van der Waals surface area contributed by atoms with Gasteiger partial charge in [-0.3, -0.25) is 0 Å². The first-order valence-electron chi connectivity index (χ1n) is 18.6. The summed E-state index contributed by atoms with van der Waals surface area (Å²) in [6, 6.07) is 44.2. The Morgan fingerprint density at radius 3 is 0.704 bits per heavy atom. The van der Waals surface area contributed by atoms with Crippen LogP contribution < -0.4 is 0 Å². The third-order valence-corrected chi connectivity index (χ3v) is 10.9. The van der Waals surface area contributed by atoms with Crippen LogP contribution in [0, 0.1) is 27.7 Å². The number of nitrogens with zero attached hydrogens (tertiary/aromatic N) is 4. The summed E-state index contributed by atoms with van der Waals surface area (Å²) < 4.78 is 4.63. The molecule has 0 saturated carbocycles. The molecule has 4 nitrogen and oxygen atoms in total. The second-order valence-corrected chi connectivity index (χ2v) is 14.7. The first-order chi connectivity index (χ1) is 26.2. The Morgan fingerprint density at radius 1 is 0.296 bits per heavy atom. The number of rotatable bonds is 4. The molecule has 0 N–H and O–H groups in total. The smallest absolute Gasteiger partial charge is 0.0737 e. The highest BCUT2D eigenvalue weighted by Crippen LogP contribution is 2.40. The van der Waals surface area contributed by atoms with Gasteiger partial charge in [-0.15, -0.1) is 0 Å². The quantitative estimate of drug-likeness (QED) is 0.183. The molecule has 2 aliphatic heterocycles. The minimum Gasteiger partial charge on any atom is -0.343 e. The Kier molecular flexibility index (Phi) is 8.12. The highest BCUT2D eigenvalue weighted by Gasteiger charge is 2.21. The van der Waals surface area contributed by atoms with Crippen molar-refractivity contribution < 1.29 is 0 Å². The van der Waals surface area contributed by atoms with E-state index in [1.165, 1.54) is 22.3 Å². The van der Waals surface area contributed by atoms with E-state index in [9.17, 15) is 0 Å². The van der Waals surface area contributed by atoms with Gasteiger partial charge in [-0.05, 0) is 98.5 Å². The summed E-state index contributed by atoms with van der Waals surface area (Å²) in [7, 11) is 4.34. The molecule has 0 radical (unpaired) electrons. The summed E-state index contributed by atoms with van der Waals surface area (Å²) in [5.74, 6) is 0. The molecular weight excluding hydrogens is 657 g/mol. The van der Waals surface area contributed by atoms with E-state index >= 15 is 0 Å². The lowest BCUT2D eigenvalue weighted by Crippen LogP contribution is -1.96. The van der Waals surface area contributed by atoms with Crippen molar-refractivity contribution in [3.63, 3.8) is 0 Å².